The molecular formula is C16H26N2. The van der Waals surface area contributed by atoms with Gasteiger partial charge in [0, 0.05) is 31.7 Å². The molecule has 18 heavy (non-hydrogen) atoms. The van der Waals surface area contributed by atoms with Crippen LogP contribution in [0.2, 0.25) is 0 Å². The fourth-order valence-corrected chi connectivity index (χ4v) is 2.81. The molecule has 1 N–H and O–H groups in total. The minimum atomic E-state index is 0.693. The number of rotatable bonds is 6. The molecule has 1 atom stereocenters. The van der Waals surface area contributed by atoms with Gasteiger partial charge in [0.15, 0.2) is 0 Å². The van der Waals surface area contributed by atoms with E-state index in [1.54, 1.807) is 0 Å². The van der Waals surface area contributed by atoms with E-state index in [1.807, 2.05) is 0 Å². The van der Waals surface area contributed by atoms with E-state index in [4.69, 9.17) is 0 Å². The van der Waals surface area contributed by atoms with Crippen LogP contribution in [0, 0.1) is 0 Å². The molecule has 1 aliphatic rings. The molecule has 0 bridgehead atoms. The van der Waals surface area contributed by atoms with Crippen LogP contribution in [-0.4, -0.2) is 30.1 Å². The van der Waals surface area contributed by atoms with Crippen LogP contribution in [0.1, 0.15) is 38.7 Å². The van der Waals surface area contributed by atoms with Gasteiger partial charge >= 0.3 is 0 Å². The first kappa shape index (κ1) is 13.6. The van der Waals surface area contributed by atoms with Crippen molar-refractivity contribution in [3.8, 4) is 0 Å². The molecule has 2 rings (SSSR count). The van der Waals surface area contributed by atoms with E-state index in [-0.39, 0.29) is 0 Å². The number of hydrogen-bond acceptors (Lipinski definition) is 2. The van der Waals surface area contributed by atoms with Crippen molar-refractivity contribution in [3.05, 3.63) is 35.9 Å². The highest BCUT2D eigenvalue weighted by Crippen LogP contribution is 2.14. The Morgan fingerprint density at radius 3 is 2.61 bits per heavy atom. The van der Waals surface area contributed by atoms with Gasteiger partial charge in [0.2, 0.25) is 0 Å². The molecule has 0 radical (unpaired) electrons. The molecule has 1 aromatic rings. The van der Waals surface area contributed by atoms with Gasteiger partial charge in [-0.1, -0.05) is 44.2 Å². The van der Waals surface area contributed by atoms with E-state index in [0.717, 1.165) is 6.54 Å². The average Bonchev–Trinajstić information content (AvgIpc) is 2.84. The van der Waals surface area contributed by atoms with Gasteiger partial charge in [0.25, 0.3) is 0 Å². The van der Waals surface area contributed by atoms with E-state index < -0.39 is 0 Å². The Hall–Kier alpha value is -0.860. The smallest absolute Gasteiger partial charge is 0.0234 e. The highest BCUT2D eigenvalue weighted by atomic mass is 15.2. The van der Waals surface area contributed by atoms with Crippen LogP contribution >= 0.6 is 0 Å². The van der Waals surface area contributed by atoms with Crippen molar-refractivity contribution in [3.63, 3.8) is 0 Å². The molecule has 1 unspecified atom stereocenters. The first-order valence-corrected chi connectivity index (χ1v) is 7.34. The predicted octanol–water partition coefficient (Wildman–Crippen LogP) is 3.04. The molecule has 0 saturated carbocycles. The van der Waals surface area contributed by atoms with Crippen LogP contribution in [-0.2, 0) is 6.54 Å². The maximum absolute atomic E-state index is 3.79. The molecule has 1 fully saturated rings. The third kappa shape index (κ3) is 3.82. The van der Waals surface area contributed by atoms with Crippen LogP contribution < -0.4 is 5.32 Å². The molecule has 2 heteroatoms. The summed E-state index contributed by atoms with van der Waals surface area (Å²) in [5, 5.41) is 3.79. The van der Waals surface area contributed by atoms with Gasteiger partial charge in [-0.15, -0.1) is 0 Å². The standard InChI is InChI=1S/C16H26N2/c1-3-15(4-2)17-16-10-11-18(13-16)12-14-8-6-5-7-9-14/h5-9,15-17H,3-4,10-13H2,1-2H3. The van der Waals surface area contributed by atoms with E-state index in [2.05, 4.69) is 54.4 Å². The largest absolute Gasteiger partial charge is 0.310 e. The molecule has 2 nitrogen and oxygen atoms in total. The van der Waals surface area contributed by atoms with Gasteiger partial charge in [0.1, 0.15) is 0 Å². The van der Waals surface area contributed by atoms with Gasteiger partial charge in [-0.05, 0) is 24.8 Å². The monoisotopic (exact) mass is 246 g/mol. The van der Waals surface area contributed by atoms with Gasteiger partial charge < -0.3 is 5.32 Å². The molecule has 0 aromatic heterocycles. The lowest BCUT2D eigenvalue weighted by Gasteiger charge is -2.21. The Labute approximate surface area is 111 Å². The molecule has 0 amide bonds. The second-order valence-electron chi connectivity index (χ2n) is 5.39. The second-order valence-corrected chi connectivity index (χ2v) is 5.39. The summed E-state index contributed by atoms with van der Waals surface area (Å²) in [5.41, 5.74) is 1.43. The number of hydrogen-bond donors (Lipinski definition) is 1. The van der Waals surface area contributed by atoms with E-state index >= 15 is 0 Å². The maximum atomic E-state index is 3.79. The Bertz CT molecular complexity index is 332. The van der Waals surface area contributed by atoms with Crippen LogP contribution in [0.15, 0.2) is 30.3 Å². The zero-order chi connectivity index (χ0) is 12.8. The lowest BCUT2D eigenvalue weighted by atomic mass is 10.1. The van der Waals surface area contributed by atoms with Crippen molar-refractivity contribution in [1.29, 1.82) is 0 Å². The zero-order valence-electron chi connectivity index (χ0n) is 11.7. The normalized spacial score (nSPS) is 20.7. The Morgan fingerprint density at radius 2 is 1.94 bits per heavy atom. The summed E-state index contributed by atoms with van der Waals surface area (Å²) in [4.78, 5) is 2.56. The quantitative estimate of drug-likeness (QED) is 0.830. The van der Waals surface area contributed by atoms with Gasteiger partial charge in [-0.25, -0.2) is 0 Å². The van der Waals surface area contributed by atoms with Crippen LogP contribution in [0.4, 0.5) is 0 Å². The van der Waals surface area contributed by atoms with E-state index in [9.17, 15) is 0 Å². The fourth-order valence-electron chi connectivity index (χ4n) is 2.81. The Balaban J connectivity index is 1.78. The molecule has 1 aromatic carbocycles. The van der Waals surface area contributed by atoms with Crippen LogP contribution in [0.3, 0.4) is 0 Å². The summed E-state index contributed by atoms with van der Waals surface area (Å²) in [5.74, 6) is 0. The van der Waals surface area contributed by atoms with Crippen molar-refractivity contribution >= 4 is 0 Å². The molecule has 1 aliphatic heterocycles. The summed E-state index contributed by atoms with van der Waals surface area (Å²) in [6.45, 7) is 8.08. The van der Waals surface area contributed by atoms with Crippen LogP contribution in [0.5, 0.6) is 0 Å². The summed E-state index contributed by atoms with van der Waals surface area (Å²) < 4.78 is 0. The number of likely N-dealkylation sites (tertiary alicyclic amines) is 1. The Kier molecular flexibility index (Phi) is 5.21. The molecular weight excluding hydrogens is 220 g/mol. The van der Waals surface area contributed by atoms with Gasteiger partial charge in [-0.2, -0.15) is 0 Å². The van der Waals surface area contributed by atoms with Crippen LogP contribution in [0.25, 0.3) is 0 Å². The van der Waals surface area contributed by atoms with Crippen molar-refractivity contribution < 1.29 is 0 Å². The maximum Gasteiger partial charge on any atom is 0.0234 e. The SMILES string of the molecule is CCC(CC)NC1CCN(Cc2ccccc2)C1. The first-order chi connectivity index (χ1) is 8.81. The Morgan fingerprint density at radius 1 is 1.22 bits per heavy atom. The minimum Gasteiger partial charge on any atom is -0.310 e. The molecule has 1 saturated heterocycles. The lowest BCUT2D eigenvalue weighted by molar-refractivity contribution is 0.312. The summed E-state index contributed by atoms with van der Waals surface area (Å²) >= 11 is 0. The molecule has 0 aliphatic carbocycles. The second kappa shape index (κ2) is 6.91. The predicted molar refractivity (Wildman–Crippen MR) is 77.6 cm³/mol. The van der Waals surface area contributed by atoms with Gasteiger partial charge in [0.05, 0.1) is 0 Å². The topological polar surface area (TPSA) is 15.3 Å². The lowest BCUT2D eigenvalue weighted by Crippen LogP contribution is -2.39. The summed E-state index contributed by atoms with van der Waals surface area (Å²) in [7, 11) is 0. The first-order valence-electron chi connectivity index (χ1n) is 7.34. The number of nitrogens with zero attached hydrogens (tertiary/aromatic N) is 1. The number of benzene rings is 1. The molecule has 1 heterocycles. The third-order valence-electron chi connectivity index (χ3n) is 3.98. The minimum absolute atomic E-state index is 0.693. The zero-order valence-corrected chi connectivity index (χ0v) is 11.7. The number of nitrogens with one attached hydrogen (secondary N) is 1. The van der Waals surface area contributed by atoms with Crippen molar-refractivity contribution in [1.82, 2.24) is 10.2 Å². The highest BCUT2D eigenvalue weighted by molar-refractivity contribution is 5.14. The third-order valence-corrected chi connectivity index (χ3v) is 3.98. The van der Waals surface area contributed by atoms with E-state index in [0.29, 0.717) is 12.1 Å². The van der Waals surface area contributed by atoms with Gasteiger partial charge in [-0.3, -0.25) is 4.90 Å². The molecule has 100 valence electrons. The van der Waals surface area contributed by atoms with E-state index in [1.165, 1.54) is 37.9 Å². The highest BCUT2D eigenvalue weighted by Gasteiger charge is 2.23. The van der Waals surface area contributed by atoms with Crippen molar-refractivity contribution in [2.24, 2.45) is 0 Å². The van der Waals surface area contributed by atoms with Crippen molar-refractivity contribution in [2.45, 2.75) is 51.7 Å². The average molecular weight is 246 g/mol. The summed E-state index contributed by atoms with van der Waals surface area (Å²) in [6, 6.07) is 12.2. The fraction of sp³-hybridized carbons (Fsp3) is 0.625. The molecule has 0 spiro atoms. The van der Waals surface area contributed by atoms with Crippen molar-refractivity contribution in [2.75, 3.05) is 13.1 Å². The summed E-state index contributed by atoms with van der Waals surface area (Å²) in [6.07, 6.45) is 3.78.